The maximum absolute atomic E-state index is 5.24. The van der Waals surface area contributed by atoms with Crippen molar-refractivity contribution in [3.05, 3.63) is 89.8 Å². The zero-order valence-corrected chi connectivity index (χ0v) is 14.3. The van der Waals surface area contributed by atoms with Crippen molar-refractivity contribution in [2.45, 2.75) is 12.6 Å². The van der Waals surface area contributed by atoms with Crippen molar-refractivity contribution in [2.75, 3.05) is 26.2 Å². The third-order valence-corrected chi connectivity index (χ3v) is 4.87. The number of piperazine rings is 1. The first-order valence-corrected chi connectivity index (χ1v) is 8.86. The number of hydrogen-bond acceptors (Lipinski definition) is 4. The smallest absolute Gasteiger partial charge is 0.150 e. The third-order valence-electron chi connectivity index (χ3n) is 4.87. The molecule has 4 rings (SSSR count). The molecule has 1 aliphatic heterocycles. The Hall–Kier alpha value is -2.43. The van der Waals surface area contributed by atoms with E-state index >= 15 is 0 Å². The van der Waals surface area contributed by atoms with E-state index in [2.05, 4.69) is 75.6 Å². The predicted molar refractivity (Wildman–Crippen MR) is 98.1 cm³/mol. The zero-order valence-electron chi connectivity index (χ0n) is 14.3. The van der Waals surface area contributed by atoms with Crippen LogP contribution in [0.15, 0.2) is 77.4 Å². The van der Waals surface area contributed by atoms with Gasteiger partial charge in [-0.3, -0.25) is 9.80 Å². The molecule has 0 radical (unpaired) electrons. The fraction of sp³-hybridized carbons (Fsp3) is 0.286. The van der Waals surface area contributed by atoms with E-state index in [1.165, 1.54) is 11.1 Å². The summed E-state index contributed by atoms with van der Waals surface area (Å²) in [5, 5.41) is 3.80. The largest absolute Gasteiger partial charge is 0.360 e. The Labute approximate surface area is 148 Å². The van der Waals surface area contributed by atoms with Gasteiger partial charge < -0.3 is 4.52 Å². The summed E-state index contributed by atoms with van der Waals surface area (Å²) < 4.78 is 5.24. The SMILES string of the molecule is c1ccc(C(c2ccccc2)N2CCN(Cc3ccno3)CC2)cc1. The minimum absolute atomic E-state index is 0.315. The van der Waals surface area contributed by atoms with E-state index in [-0.39, 0.29) is 0 Å². The molecule has 25 heavy (non-hydrogen) atoms. The first kappa shape index (κ1) is 16.1. The van der Waals surface area contributed by atoms with Crippen molar-refractivity contribution in [3.8, 4) is 0 Å². The standard InChI is InChI=1S/C21H23N3O/c1-3-7-18(8-4-1)21(19-9-5-2-6-10-19)24-15-13-23(14-16-24)17-20-11-12-22-25-20/h1-12,21H,13-17H2. The molecule has 1 saturated heterocycles. The topological polar surface area (TPSA) is 32.5 Å². The van der Waals surface area contributed by atoms with Crippen LogP contribution in [0.2, 0.25) is 0 Å². The van der Waals surface area contributed by atoms with E-state index in [1.54, 1.807) is 6.20 Å². The summed E-state index contributed by atoms with van der Waals surface area (Å²) in [6, 6.07) is 23.9. The van der Waals surface area contributed by atoms with Gasteiger partial charge in [-0.2, -0.15) is 0 Å². The molecule has 0 spiro atoms. The van der Waals surface area contributed by atoms with Crippen LogP contribution < -0.4 is 0 Å². The van der Waals surface area contributed by atoms with Gasteiger partial charge in [0.2, 0.25) is 0 Å². The quantitative estimate of drug-likeness (QED) is 0.714. The molecule has 0 unspecified atom stereocenters. The number of benzene rings is 2. The number of nitrogens with zero attached hydrogens (tertiary/aromatic N) is 3. The van der Waals surface area contributed by atoms with Crippen molar-refractivity contribution < 1.29 is 4.52 Å². The molecule has 0 atom stereocenters. The molecule has 128 valence electrons. The van der Waals surface area contributed by atoms with E-state index in [9.17, 15) is 0 Å². The molecule has 0 bridgehead atoms. The highest BCUT2D eigenvalue weighted by Gasteiger charge is 2.26. The normalized spacial score (nSPS) is 16.4. The first-order chi connectivity index (χ1) is 12.4. The molecule has 2 heterocycles. The molecule has 3 aromatic rings. The van der Waals surface area contributed by atoms with Crippen LogP contribution in [-0.2, 0) is 6.54 Å². The van der Waals surface area contributed by atoms with Crippen LogP contribution in [0, 0.1) is 0 Å². The molecule has 0 N–H and O–H groups in total. The van der Waals surface area contributed by atoms with Gasteiger partial charge in [-0.1, -0.05) is 65.8 Å². The van der Waals surface area contributed by atoms with E-state index < -0.39 is 0 Å². The lowest BCUT2D eigenvalue weighted by Gasteiger charge is -2.39. The van der Waals surface area contributed by atoms with Crippen LogP contribution in [0.25, 0.3) is 0 Å². The molecule has 1 fully saturated rings. The van der Waals surface area contributed by atoms with Crippen molar-refractivity contribution >= 4 is 0 Å². The maximum atomic E-state index is 5.24. The van der Waals surface area contributed by atoms with Crippen LogP contribution in [0.4, 0.5) is 0 Å². The second-order valence-electron chi connectivity index (χ2n) is 6.51. The molecule has 0 amide bonds. The van der Waals surface area contributed by atoms with Gasteiger partial charge in [0.05, 0.1) is 18.8 Å². The number of rotatable bonds is 5. The minimum Gasteiger partial charge on any atom is -0.360 e. The summed E-state index contributed by atoms with van der Waals surface area (Å²) in [7, 11) is 0. The Kier molecular flexibility index (Phi) is 4.91. The van der Waals surface area contributed by atoms with Gasteiger partial charge in [-0.05, 0) is 11.1 Å². The summed E-state index contributed by atoms with van der Waals surface area (Å²) in [4.78, 5) is 5.02. The lowest BCUT2D eigenvalue weighted by molar-refractivity contribution is 0.0979. The lowest BCUT2D eigenvalue weighted by atomic mass is 9.96. The molecule has 4 heteroatoms. The molecular weight excluding hydrogens is 310 g/mol. The van der Waals surface area contributed by atoms with Crippen molar-refractivity contribution in [1.82, 2.24) is 15.0 Å². The Bertz CT molecular complexity index is 711. The van der Waals surface area contributed by atoms with Crippen molar-refractivity contribution in [1.29, 1.82) is 0 Å². The van der Waals surface area contributed by atoms with E-state index in [0.717, 1.165) is 38.5 Å². The Morgan fingerprint density at radius 2 is 1.40 bits per heavy atom. The molecule has 0 aliphatic carbocycles. The molecule has 4 nitrogen and oxygen atoms in total. The highest BCUT2D eigenvalue weighted by atomic mass is 16.5. The third kappa shape index (κ3) is 3.81. The van der Waals surface area contributed by atoms with Crippen LogP contribution in [0.1, 0.15) is 22.9 Å². The summed E-state index contributed by atoms with van der Waals surface area (Å²) in [5.74, 6) is 0.941. The van der Waals surface area contributed by atoms with Gasteiger partial charge in [0.1, 0.15) is 0 Å². The highest BCUT2D eigenvalue weighted by molar-refractivity contribution is 5.31. The summed E-state index contributed by atoms with van der Waals surface area (Å²) in [6.07, 6.45) is 1.71. The average molecular weight is 333 g/mol. The molecule has 1 aliphatic rings. The fourth-order valence-corrected chi connectivity index (χ4v) is 3.61. The monoisotopic (exact) mass is 333 g/mol. The molecule has 2 aromatic carbocycles. The Morgan fingerprint density at radius 1 is 0.800 bits per heavy atom. The van der Waals surface area contributed by atoms with Gasteiger partial charge in [-0.15, -0.1) is 0 Å². The number of aromatic nitrogens is 1. The van der Waals surface area contributed by atoms with Crippen molar-refractivity contribution in [3.63, 3.8) is 0 Å². The number of hydrogen-bond donors (Lipinski definition) is 0. The van der Waals surface area contributed by atoms with E-state index in [0.29, 0.717) is 6.04 Å². The Balaban J connectivity index is 1.49. The van der Waals surface area contributed by atoms with Crippen LogP contribution >= 0.6 is 0 Å². The van der Waals surface area contributed by atoms with Gasteiger partial charge in [-0.25, -0.2) is 0 Å². The van der Waals surface area contributed by atoms with E-state index in [4.69, 9.17) is 4.52 Å². The Morgan fingerprint density at radius 3 is 1.92 bits per heavy atom. The van der Waals surface area contributed by atoms with Crippen LogP contribution in [0.3, 0.4) is 0 Å². The second kappa shape index (κ2) is 7.64. The summed E-state index contributed by atoms with van der Waals surface area (Å²) >= 11 is 0. The van der Waals surface area contributed by atoms with Gasteiger partial charge in [0, 0.05) is 32.2 Å². The van der Waals surface area contributed by atoms with Crippen LogP contribution in [0.5, 0.6) is 0 Å². The lowest BCUT2D eigenvalue weighted by Crippen LogP contribution is -2.47. The summed E-state index contributed by atoms with van der Waals surface area (Å²) in [5.41, 5.74) is 2.72. The van der Waals surface area contributed by atoms with Gasteiger partial charge in [0.25, 0.3) is 0 Å². The molecule has 0 saturated carbocycles. The van der Waals surface area contributed by atoms with Gasteiger partial charge >= 0.3 is 0 Å². The predicted octanol–water partition coefficient (Wildman–Crippen LogP) is 3.58. The first-order valence-electron chi connectivity index (χ1n) is 8.86. The minimum atomic E-state index is 0.315. The van der Waals surface area contributed by atoms with Crippen molar-refractivity contribution in [2.24, 2.45) is 0 Å². The zero-order chi connectivity index (χ0) is 16.9. The van der Waals surface area contributed by atoms with Crippen LogP contribution in [-0.4, -0.2) is 41.1 Å². The second-order valence-corrected chi connectivity index (χ2v) is 6.51. The fourth-order valence-electron chi connectivity index (χ4n) is 3.61. The highest BCUT2D eigenvalue weighted by Crippen LogP contribution is 2.29. The molecule has 1 aromatic heterocycles. The summed E-state index contributed by atoms with van der Waals surface area (Å²) in [6.45, 7) is 5.01. The van der Waals surface area contributed by atoms with Gasteiger partial charge in [0.15, 0.2) is 5.76 Å². The maximum Gasteiger partial charge on any atom is 0.150 e. The molecular formula is C21H23N3O. The van der Waals surface area contributed by atoms with E-state index in [1.807, 2.05) is 6.07 Å². The average Bonchev–Trinajstić information content (AvgIpc) is 3.18.